The van der Waals surface area contributed by atoms with Crippen molar-refractivity contribution >= 4 is 40.9 Å². The number of ether oxygens (including phenoxy) is 2. The van der Waals surface area contributed by atoms with Gasteiger partial charge in [-0.25, -0.2) is 14.0 Å². The molecule has 2 aliphatic heterocycles. The quantitative estimate of drug-likeness (QED) is 0.695. The van der Waals surface area contributed by atoms with Crippen LogP contribution in [0.2, 0.25) is 0 Å². The molecule has 0 aliphatic carbocycles. The molecule has 0 bridgehead atoms. The molecule has 1 atom stereocenters. The summed E-state index contributed by atoms with van der Waals surface area (Å²) in [6.45, 7) is 2.57. The van der Waals surface area contributed by atoms with Crippen molar-refractivity contribution in [1.29, 1.82) is 0 Å². The van der Waals surface area contributed by atoms with Gasteiger partial charge in [0.05, 0.1) is 31.6 Å². The maximum Gasteiger partial charge on any atom is 0.414 e. The number of carbonyl (C=O) groups excluding carboxylic acids is 2. The summed E-state index contributed by atoms with van der Waals surface area (Å²) >= 11 is 5.00. The number of halogens is 1. The van der Waals surface area contributed by atoms with Gasteiger partial charge < -0.3 is 29.9 Å². The zero-order chi connectivity index (χ0) is 21.0. The number of piperazine rings is 1. The lowest BCUT2D eigenvalue weighted by atomic mass is 10.2. The molecule has 2 aliphatic rings. The van der Waals surface area contributed by atoms with Crippen molar-refractivity contribution in [2.75, 3.05) is 63.2 Å². The predicted octanol–water partition coefficient (Wildman–Crippen LogP) is 1.13. The Morgan fingerprint density at radius 3 is 2.69 bits per heavy atom. The van der Waals surface area contributed by atoms with E-state index in [2.05, 4.69) is 10.6 Å². The Bertz CT molecular complexity index is 788. The molecule has 3 rings (SSSR count). The summed E-state index contributed by atoms with van der Waals surface area (Å²) in [5.41, 5.74) is 0.867. The van der Waals surface area contributed by atoms with E-state index in [1.807, 2.05) is 4.90 Å². The van der Waals surface area contributed by atoms with Gasteiger partial charge in [0.15, 0.2) is 5.11 Å². The maximum absolute atomic E-state index is 14.8. The number of amides is 2. The van der Waals surface area contributed by atoms with Gasteiger partial charge in [0.1, 0.15) is 11.9 Å². The topological polar surface area (TPSA) is 86.4 Å². The summed E-state index contributed by atoms with van der Waals surface area (Å²) in [6, 6.07) is 4.67. The third-order valence-electron chi connectivity index (χ3n) is 4.89. The van der Waals surface area contributed by atoms with E-state index in [4.69, 9.17) is 21.7 Å². The van der Waals surface area contributed by atoms with Crippen LogP contribution in [0.4, 0.5) is 25.4 Å². The maximum atomic E-state index is 14.8. The number of thiocarbonyl (C=S) groups is 1. The number of methoxy groups -OCH3 is 1. The fraction of sp³-hybridized carbons (Fsp3) is 0.500. The van der Waals surface area contributed by atoms with Crippen LogP contribution in [0, 0.1) is 5.82 Å². The molecule has 0 spiro atoms. The highest BCUT2D eigenvalue weighted by molar-refractivity contribution is 7.80. The highest BCUT2D eigenvalue weighted by Gasteiger charge is 2.33. The summed E-state index contributed by atoms with van der Waals surface area (Å²) in [5.74, 6) is -0.431. The molecular weight excluding hydrogens is 401 g/mol. The van der Waals surface area contributed by atoms with E-state index in [0.717, 1.165) is 0 Å². The molecule has 2 saturated heterocycles. The van der Waals surface area contributed by atoms with Crippen LogP contribution in [-0.2, 0) is 9.47 Å². The second-order valence-electron chi connectivity index (χ2n) is 6.66. The number of benzene rings is 1. The number of rotatable bonds is 4. The molecule has 2 N–H and O–H groups in total. The number of nitrogens with one attached hydrogen (secondary N) is 2. The fourth-order valence-corrected chi connectivity index (χ4v) is 3.40. The second kappa shape index (κ2) is 9.12. The Balaban J connectivity index is 1.62. The first kappa shape index (κ1) is 20.9. The van der Waals surface area contributed by atoms with Crippen LogP contribution >= 0.6 is 12.2 Å². The summed E-state index contributed by atoms with van der Waals surface area (Å²) in [5, 5.41) is 6.19. The van der Waals surface area contributed by atoms with E-state index in [9.17, 15) is 14.0 Å². The number of carbonyl (C=O) groups is 2. The van der Waals surface area contributed by atoms with Gasteiger partial charge in [0.2, 0.25) is 0 Å². The molecule has 2 heterocycles. The number of hydrogen-bond donors (Lipinski definition) is 2. The van der Waals surface area contributed by atoms with Gasteiger partial charge in [-0.05, 0) is 30.4 Å². The van der Waals surface area contributed by atoms with E-state index in [1.54, 1.807) is 24.1 Å². The molecule has 11 heteroatoms. The first-order chi connectivity index (χ1) is 13.9. The number of hydrogen-bond acceptors (Lipinski definition) is 6. The van der Waals surface area contributed by atoms with Crippen molar-refractivity contribution in [3.8, 4) is 0 Å². The summed E-state index contributed by atoms with van der Waals surface area (Å²) in [4.78, 5) is 28.6. The van der Waals surface area contributed by atoms with Gasteiger partial charge in [-0.3, -0.25) is 4.90 Å². The fourth-order valence-electron chi connectivity index (χ4n) is 3.31. The zero-order valence-electron chi connectivity index (χ0n) is 16.3. The largest absolute Gasteiger partial charge is 0.453 e. The van der Waals surface area contributed by atoms with Gasteiger partial charge in [-0.1, -0.05) is 0 Å². The minimum absolute atomic E-state index is 0.300. The van der Waals surface area contributed by atoms with E-state index in [0.29, 0.717) is 55.8 Å². The van der Waals surface area contributed by atoms with Crippen LogP contribution in [0.15, 0.2) is 18.2 Å². The third-order valence-corrected chi connectivity index (χ3v) is 5.24. The van der Waals surface area contributed by atoms with Gasteiger partial charge in [0.25, 0.3) is 0 Å². The molecule has 0 radical (unpaired) electrons. The van der Waals surface area contributed by atoms with Crippen LogP contribution in [-0.4, -0.2) is 81.7 Å². The molecule has 9 nitrogen and oxygen atoms in total. The van der Waals surface area contributed by atoms with Crippen molar-refractivity contribution in [3.05, 3.63) is 24.0 Å². The predicted molar refractivity (Wildman–Crippen MR) is 110 cm³/mol. The van der Waals surface area contributed by atoms with Crippen molar-refractivity contribution in [2.45, 2.75) is 6.10 Å². The average Bonchev–Trinajstić information content (AvgIpc) is 3.12. The number of cyclic esters (lactones) is 1. The Kier molecular flexibility index (Phi) is 6.57. The summed E-state index contributed by atoms with van der Waals surface area (Å²) in [7, 11) is 3.04. The lowest BCUT2D eigenvalue weighted by molar-refractivity contribution is 0.121. The lowest BCUT2D eigenvalue weighted by Gasteiger charge is -2.35. The van der Waals surface area contributed by atoms with E-state index in [1.165, 1.54) is 18.1 Å². The first-order valence-electron chi connectivity index (χ1n) is 9.24. The minimum Gasteiger partial charge on any atom is -0.453 e. The van der Waals surface area contributed by atoms with Gasteiger partial charge in [-0.2, -0.15) is 0 Å². The second-order valence-corrected chi connectivity index (χ2v) is 7.06. The van der Waals surface area contributed by atoms with Crippen LogP contribution in [0.1, 0.15) is 0 Å². The number of anilines is 2. The Labute approximate surface area is 173 Å². The summed E-state index contributed by atoms with van der Waals surface area (Å²) in [6.07, 6.45) is -1.29. The normalized spacial score (nSPS) is 19.1. The molecule has 1 aromatic carbocycles. The molecule has 158 valence electrons. The highest BCUT2D eigenvalue weighted by Crippen LogP contribution is 2.28. The van der Waals surface area contributed by atoms with Crippen molar-refractivity contribution < 1.29 is 23.5 Å². The van der Waals surface area contributed by atoms with Crippen LogP contribution in [0.5, 0.6) is 0 Å². The minimum atomic E-state index is -0.522. The lowest BCUT2D eigenvalue weighted by Crippen LogP contribution is -2.49. The smallest absolute Gasteiger partial charge is 0.414 e. The van der Waals surface area contributed by atoms with Gasteiger partial charge >= 0.3 is 12.2 Å². The van der Waals surface area contributed by atoms with Crippen LogP contribution in [0.3, 0.4) is 0 Å². The molecule has 0 saturated carbocycles. The Hall–Kier alpha value is -2.82. The van der Waals surface area contributed by atoms with Crippen molar-refractivity contribution in [2.24, 2.45) is 0 Å². The molecule has 2 amide bonds. The van der Waals surface area contributed by atoms with Gasteiger partial charge in [-0.15, -0.1) is 0 Å². The Morgan fingerprint density at radius 1 is 1.34 bits per heavy atom. The third kappa shape index (κ3) is 4.78. The standard InChI is InChI=1S/C18H24FN5O4S/c1-20-16(29)21-10-13-11-24(18(26)28-13)12-3-4-15(14(19)9-12)22-5-7-23(8-6-22)17(25)27-2/h3-4,9,13H,5-8,10-11H2,1-2H3,(H2,20,21,29)/t13-/m0/s1. The van der Waals surface area contributed by atoms with E-state index in [-0.39, 0.29) is 12.2 Å². The number of nitrogens with zero attached hydrogens (tertiary/aromatic N) is 3. The SMILES string of the molecule is CNC(=S)NC[C@H]1CN(c2ccc(N3CCN(C(=O)OC)CC3)c(F)c2)C(=O)O1. The summed E-state index contributed by atoms with van der Waals surface area (Å²) < 4.78 is 24.8. The van der Waals surface area contributed by atoms with Crippen molar-refractivity contribution in [1.82, 2.24) is 15.5 Å². The van der Waals surface area contributed by atoms with E-state index >= 15 is 0 Å². The average molecular weight is 425 g/mol. The van der Waals surface area contributed by atoms with Crippen molar-refractivity contribution in [3.63, 3.8) is 0 Å². The van der Waals surface area contributed by atoms with E-state index < -0.39 is 11.9 Å². The highest BCUT2D eigenvalue weighted by atomic mass is 32.1. The molecular formula is C18H24FN5O4S. The molecule has 29 heavy (non-hydrogen) atoms. The first-order valence-corrected chi connectivity index (χ1v) is 9.65. The Morgan fingerprint density at radius 2 is 2.07 bits per heavy atom. The molecule has 0 aromatic heterocycles. The molecule has 1 aromatic rings. The molecule has 0 unspecified atom stereocenters. The van der Waals surface area contributed by atoms with Crippen LogP contribution < -0.4 is 20.4 Å². The zero-order valence-corrected chi connectivity index (χ0v) is 17.1. The van der Waals surface area contributed by atoms with Gasteiger partial charge in [0, 0.05) is 33.2 Å². The van der Waals surface area contributed by atoms with Crippen LogP contribution in [0.25, 0.3) is 0 Å². The molecule has 2 fully saturated rings. The monoisotopic (exact) mass is 425 g/mol.